The highest BCUT2D eigenvalue weighted by Crippen LogP contribution is 2.15. The second-order valence-corrected chi connectivity index (χ2v) is 4.53. The number of hydrogen-bond donors (Lipinski definition) is 1. The van der Waals surface area contributed by atoms with Crippen LogP contribution in [0.2, 0.25) is 0 Å². The summed E-state index contributed by atoms with van der Waals surface area (Å²) in [6.45, 7) is 3.90. The summed E-state index contributed by atoms with van der Waals surface area (Å²) in [5, 5.41) is 3.28. The van der Waals surface area contributed by atoms with Gasteiger partial charge >= 0.3 is 0 Å². The maximum Gasteiger partial charge on any atom is 0.134 e. The summed E-state index contributed by atoms with van der Waals surface area (Å²) >= 11 is 0. The van der Waals surface area contributed by atoms with Gasteiger partial charge in [0.15, 0.2) is 0 Å². The molecule has 19 heavy (non-hydrogen) atoms. The Hall–Kier alpha value is -2.10. The van der Waals surface area contributed by atoms with Crippen molar-refractivity contribution in [2.75, 3.05) is 23.8 Å². The van der Waals surface area contributed by atoms with Gasteiger partial charge in [-0.2, -0.15) is 0 Å². The van der Waals surface area contributed by atoms with Crippen LogP contribution in [0.3, 0.4) is 0 Å². The van der Waals surface area contributed by atoms with E-state index in [2.05, 4.69) is 51.4 Å². The number of hydrogen-bond acceptors (Lipinski definition) is 4. The second-order valence-electron chi connectivity index (χ2n) is 4.53. The fraction of sp³-hybridized carbons (Fsp3) is 0.333. The molecule has 1 N–H and O–H groups in total. The highest BCUT2D eigenvalue weighted by molar-refractivity contribution is 5.48. The van der Waals surface area contributed by atoms with Crippen LogP contribution in [0.15, 0.2) is 42.7 Å². The molecule has 0 atom stereocenters. The largest absolute Gasteiger partial charge is 0.370 e. The Labute approximate surface area is 114 Å². The zero-order valence-corrected chi connectivity index (χ0v) is 11.5. The van der Waals surface area contributed by atoms with E-state index in [1.807, 2.05) is 19.2 Å². The van der Waals surface area contributed by atoms with Crippen molar-refractivity contribution in [3.63, 3.8) is 0 Å². The Morgan fingerprint density at radius 2 is 1.95 bits per heavy atom. The van der Waals surface area contributed by atoms with E-state index in [4.69, 9.17) is 0 Å². The second kappa shape index (κ2) is 6.73. The summed E-state index contributed by atoms with van der Waals surface area (Å²) in [6, 6.07) is 12.4. The molecular weight excluding hydrogens is 236 g/mol. The molecule has 4 heteroatoms. The van der Waals surface area contributed by atoms with Gasteiger partial charge in [0.1, 0.15) is 18.0 Å². The minimum absolute atomic E-state index is 0.838. The standard InChI is InChI=1S/C15H20N4/c1-3-9-16-14-10-15(18-12-17-14)19(2)11-13-7-5-4-6-8-13/h4-8,10,12H,3,9,11H2,1-2H3,(H,16,17,18). The normalized spacial score (nSPS) is 10.2. The van der Waals surface area contributed by atoms with Crippen LogP contribution in [0, 0.1) is 0 Å². The molecule has 0 aliphatic rings. The summed E-state index contributed by atoms with van der Waals surface area (Å²) in [5.74, 6) is 1.81. The summed E-state index contributed by atoms with van der Waals surface area (Å²) in [4.78, 5) is 10.7. The number of nitrogens with one attached hydrogen (secondary N) is 1. The minimum Gasteiger partial charge on any atom is -0.370 e. The number of benzene rings is 1. The highest BCUT2D eigenvalue weighted by Gasteiger charge is 2.04. The van der Waals surface area contributed by atoms with Crippen molar-refractivity contribution in [2.24, 2.45) is 0 Å². The lowest BCUT2D eigenvalue weighted by Crippen LogP contribution is -2.18. The predicted octanol–water partition coefficient (Wildman–Crippen LogP) is 2.93. The zero-order chi connectivity index (χ0) is 13.5. The molecule has 0 radical (unpaired) electrons. The topological polar surface area (TPSA) is 41.0 Å². The van der Waals surface area contributed by atoms with Gasteiger partial charge in [0.05, 0.1) is 0 Å². The molecule has 0 saturated heterocycles. The van der Waals surface area contributed by atoms with E-state index in [-0.39, 0.29) is 0 Å². The van der Waals surface area contributed by atoms with Crippen LogP contribution in [0.1, 0.15) is 18.9 Å². The Kier molecular flexibility index (Phi) is 4.72. The summed E-state index contributed by atoms with van der Waals surface area (Å²) in [7, 11) is 2.04. The lowest BCUT2D eigenvalue weighted by Gasteiger charge is -2.18. The van der Waals surface area contributed by atoms with Crippen molar-refractivity contribution in [1.82, 2.24) is 9.97 Å². The van der Waals surface area contributed by atoms with Gasteiger partial charge in [-0.25, -0.2) is 9.97 Å². The lowest BCUT2D eigenvalue weighted by atomic mass is 10.2. The molecule has 0 saturated carbocycles. The number of anilines is 2. The van der Waals surface area contributed by atoms with Crippen molar-refractivity contribution in [3.8, 4) is 0 Å². The van der Waals surface area contributed by atoms with Gasteiger partial charge in [-0.15, -0.1) is 0 Å². The molecule has 1 aromatic carbocycles. The van der Waals surface area contributed by atoms with Crippen LogP contribution in [-0.2, 0) is 6.54 Å². The Bertz CT molecular complexity index is 499. The van der Waals surface area contributed by atoms with Crippen molar-refractivity contribution in [3.05, 3.63) is 48.3 Å². The van der Waals surface area contributed by atoms with Crippen LogP contribution < -0.4 is 10.2 Å². The molecule has 0 aliphatic heterocycles. The molecule has 1 heterocycles. The molecule has 0 fully saturated rings. The monoisotopic (exact) mass is 256 g/mol. The Morgan fingerprint density at radius 1 is 1.16 bits per heavy atom. The van der Waals surface area contributed by atoms with Crippen molar-refractivity contribution in [1.29, 1.82) is 0 Å². The van der Waals surface area contributed by atoms with Gasteiger partial charge in [0, 0.05) is 26.2 Å². The zero-order valence-electron chi connectivity index (χ0n) is 11.5. The van der Waals surface area contributed by atoms with E-state index in [0.29, 0.717) is 0 Å². The van der Waals surface area contributed by atoms with Crippen LogP contribution in [0.5, 0.6) is 0 Å². The third kappa shape index (κ3) is 3.95. The number of rotatable bonds is 6. The first kappa shape index (κ1) is 13.3. The molecule has 0 spiro atoms. The van der Waals surface area contributed by atoms with Crippen LogP contribution in [0.25, 0.3) is 0 Å². The van der Waals surface area contributed by atoms with Gasteiger partial charge in [-0.05, 0) is 12.0 Å². The molecule has 0 bridgehead atoms. The number of aromatic nitrogens is 2. The Balaban J connectivity index is 2.04. The minimum atomic E-state index is 0.838. The van der Waals surface area contributed by atoms with Gasteiger partial charge in [0.25, 0.3) is 0 Å². The SMILES string of the molecule is CCCNc1cc(N(C)Cc2ccccc2)ncn1. The molecule has 2 rings (SSSR count). The van der Waals surface area contributed by atoms with Crippen LogP contribution in [-0.4, -0.2) is 23.6 Å². The molecule has 2 aromatic rings. The summed E-state index contributed by atoms with van der Waals surface area (Å²) < 4.78 is 0. The summed E-state index contributed by atoms with van der Waals surface area (Å²) in [5.41, 5.74) is 1.27. The fourth-order valence-corrected chi connectivity index (χ4v) is 1.84. The third-order valence-corrected chi connectivity index (χ3v) is 2.86. The van der Waals surface area contributed by atoms with Crippen molar-refractivity contribution in [2.45, 2.75) is 19.9 Å². The molecule has 4 nitrogen and oxygen atoms in total. The molecule has 0 amide bonds. The first-order valence-electron chi connectivity index (χ1n) is 6.60. The van der Waals surface area contributed by atoms with Gasteiger partial charge < -0.3 is 10.2 Å². The van der Waals surface area contributed by atoms with Crippen LogP contribution in [0.4, 0.5) is 11.6 Å². The average molecular weight is 256 g/mol. The van der Waals surface area contributed by atoms with Gasteiger partial charge in [-0.1, -0.05) is 37.3 Å². The first-order valence-corrected chi connectivity index (χ1v) is 6.60. The highest BCUT2D eigenvalue weighted by atomic mass is 15.2. The van der Waals surface area contributed by atoms with E-state index in [1.54, 1.807) is 6.33 Å². The fourth-order valence-electron chi connectivity index (χ4n) is 1.84. The van der Waals surface area contributed by atoms with Crippen LogP contribution >= 0.6 is 0 Å². The summed E-state index contributed by atoms with van der Waals surface area (Å²) in [6.07, 6.45) is 2.69. The maximum atomic E-state index is 4.32. The van der Waals surface area contributed by atoms with Crippen molar-refractivity contribution < 1.29 is 0 Å². The molecule has 100 valence electrons. The lowest BCUT2D eigenvalue weighted by molar-refractivity contribution is 0.888. The maximum absolute atomic E-state index is 4.32. The molecular formula is C15H20N4. The van der Waals surface area contributed by atoms with E-state index in [1.165, 1.54) is 5.56 Å². The van der Waals surface area contributed by atoms with E-state index in [0.717, 1.165) is 31.1 Å². The van der Waals surface area contributed by atoms with E-state index >= 15 is 0 Å². The number of nitrogens with zero attached hydrogens (tertiary/aromatic N) is 3. The average Bonchev–Trinajstić information content (AvgIpc) is 2.46. The predicted molar refractivity (Wildman–Crippen MR) is 79.4 cm³/mol. The first-order chi connectivity index (χ1) is 9.29. The van der Waals surface area contributed by atoms with Gasteiger partial charge in [-0.3, -0.25) is 0 Å². The third-order valence-electron chi connectivity index (χ3n) is 2.86. The van der Waals surface area contributed by atoms with E-state index < -0.39 is 0 Å². The van der Waals surface area contributed by atoms with E-state index in [9.17, 15) is 0 Å². The molecule has 0 aliphatic carbocycles. The van der Waals surface area contributed by atoms with Crippen molar-refractivity contribution >= 4 is 11.6 Å². The Morgan fingerprint density at radius 3 is 2.68 bits per heavy atom. The molecule has 1 aromatic heterocycles. The molecule has 0 unspecified atom stereocenters. The smallest absolute Gasteiger partial charge is 0.134 e. The quantitative estimate of drug-likeness (QED) is 0.862. The van der Waals surface area contributed by atoms with Gasteiger partial charge in [0.2, 0.25) is 0 Å².